The van der Waals surface area contributed by atoms with Crippen molar-refractivity contribution in [2.75, 3.05) is 43.4 Å². The van der Waals surface area contributed by atoms with Crippen LogP contribution in [0.2, 0.25) is 0 Å². The Bertz CT molecular complexity index is 501. The number of anilines is 2. The zero-order valence-corrected chi connectivity index (χ0v) is 13.2. The van der Waals surface area contributed by atoms with Crippen molar-refractivity contribution in [2.45, 2.75) is 33.1 Å². The molecule has 3 rings (SSSR count). The fraction of sp³-hybridized carbons (Fsp3) is 0.647. The van der Waals surface area contributed by atoms with Gasteiger partial charge < -0.3 is 20.7 Å². The molecule has 0 amide bonds. The van der Waals surface area contributed by atoms with E-state index in [1.165, 1.54) is 37.2 Å². The fourth-order valence-electron chi connectivity index (χ4n) is 3.43. The number of nitrogen functional groups attached to an aromatic ring is 1. The average molecular weight is 289 g/mol. The molecule has 3 N–H and O–H groups in total. The van der Waals surface area contributed by atoms with Gasteiger partial charge in [0.1, 0.15) is 5.75 Å². The molecule has 0 aliphatic carbocycles. The van der Waals surface area contributed by atoms with E-state index >= 15 is 0 Å². The smallest absolute Gasteiger partial charge is 0.144 e. The number of hydrogen-bond donors (Lipinski definition) is 2. The SMILES string of the molecule is CCCOc1cc(N2CCC3(CC2)CNC3)c(C)cc1N. The van der Waals surface area contributed by atoms with Crippen molar-refractivity contribution in [2.24, 2.45) is 5.41 Å². The first kappa shape index (κ1) is 14.5. The van der Waals surface area contributed by atoms with Crippen LogP contribution in [0.1, 0.15) is 31.7 Å². The van der Waals surface area contributed by atoms with Crippen molar-refractivity contribution >= 4 is 11.4 Å². The Labute approximate surface area is 127 Å². The Balaban J connectivity index is 1.75. The lowest BCUT2D eigenvalue weighted by Crippen LogP contribution is -2.58. The second-order valence-corrected chi connectivity index (χ2v) is 6.62. The molecule has 0 unspecified atom stereocenters. The minimum absolute atomic E-state index is 0.583. The molecule has 116 valence electrons. The van der Waals surface area contributed by atoms with Gasteiger partial charge in [-0.2, -0.15) is 0 Å². The van der Waals surface area contributed by atoms with E-state index in [2.05, 4.69) is 36.2 Å². The molecule has 0 radical (unpaired) electrons. The first-order valence-electron chi connectivity index (χ1n) is 8.12. The Morgan fingerprint density at radius 3 is 2.57 bits per heavy atom. The van der Waals surface area contributed by atoms with Gasteiger partial charge in [0, 0.05) is 37.9 Å². The quantitative estimate of drug-likeness (QED) is 0.836. The summed E-state index contributed by atoms with van der Waals surface area (Å²) in [5.41, 5.74) is 9.96. The van der Waals surface area contributed by atoms with Crippen LogP contribution >= 0.6 is 0 Å². The predicted molar refractivity (Wildman–Crippen MR) is 88.1 cm³/mol. The lowest BCUT2D eigenvalue weighted by atomic mass is 9.73. The van der Waals surface area contributed by atoms with E-state index in [1.807, 2.05) is 0 Å². The molecule has 0 atom stereocenters. The lowest BCUT2D eigenvalue weighted by molar-refractivity contribution is 0.126. The van der Waals surface area contributed by atoms with Crippen molar-refractivity contribution < 1.29 is 4.74 Å². The number of benzene rings is 1. The monoisotopic (exact) mass is 289 g/mol. The Hall–Kier alpha value is -1.42. The molecule has 2 heterocycles. The van der Waals surface area contributed by atoms with E-state index in [9.17, 15) is 0 Å². The van der Waals surface area contributed by atoms with Gasteiger partial charge in [-0.3, -0.25) is 0 Å². The highest BCUT2D eigenvalue weighted by molar-refractivity contribution is 5.66. The molecule has 0 saturated carbocycles. The molecule has 2 aliphatic rings. The van der Waals surface area contributed by atoms with Crippen LogP contribution in [0.15, 0.2) is 12.1 Å². The molecular formula is C17H27N3O. The number of nitrogens with one attached hydrogen (secondary N) is 1. The Morgan fingerprint density at radius 2 is 2.00 bits per heavy atom. The Morgan fingerprint density at radius 1 is 1.29 bits per heavy atom. The summed E-state index contributed by atoms with van der Waals surface area (Å²) in [4.78, 5) is 2.50. The van der Waals surface area contributed by atoms with E-state index in [-0.39, 0.29) is 0 Å². The van der Waals surface area contributed by atoms with Crippen LogP contribution in [0.25, 0.3) is 0 Å². The van der Waals surface area contributed by atoms with Crippen LogP contribution in [0, 0.1) is 12.3 Å². The first-order chi connectivity index (χ1) is 10.1. The number of ether oxygens (including phenoxy) is 1. The Kier molecular flexibility index (Phi) is 3.98. The van der Waals surface area contributed by atoms with Gasteiger partial charge in [-0.1, -0.05) is 6.92 Å². The second kappa shape index (κ2) is 5.76. The number of aryl methyl sites for hydroxylation is 1. The number of hydrogen-bond acceptors (Lipinski definition) is 4. The largest absolute Gasteiger partial charge is 0.491 e. The summed E-state index contributed by atoms with van der Waals surface area (Å²) < 4.78 is 5.78. The van der Waals surface area contributed by atoms with Crippen LogP contribution in [0.5, 0.6) is 5.75 Å². The zero-order chi connectivity index (χ0) is 14.9. The van der Waals surface area contributed by atoms with Gasteiger partial charge in [0.25, 0.3) is 0 Å². The summed E-state index contributed by atoms with van der Waals surface area (Å²) in [6, 6.07) is 4.19. The van der Waals surface area contributed by atoms with Gasteiger partial charge in [-0.25, -0.2) is 0 Å². The summed E-state index contributed by atoms with van der Waals surface area (Å²) >= 11 is 0. The highest BCUT2D eigenvalue weighted by Gasteiger charge is 2.39. The maximum absolute atomic E-state index is 6.08. The van der Waals surface area contributed by atoms with Crippen molar-refractivity contribution in [3.05, 3.63) is 17.7 Å². The van der Waals surface area contributed by atoms with Gasteiger partial charge in [0.05, 0.1) is 12.3 Å². The molecule has 4 nitrogen and oxygen atoms in total. The van der Waals surface area contributed by atoms with Crippen LogP contribution < -0.4 is 20.7 Å². The van der Waals surface area contributed by atoms with Gasteiger partial charge in [0.2, 0.25) is 0 Å². The molecule has 1 aromatic rings. The third kappa shape index (κ3) is 2.82. The van der Waals surface area contributed by atoms with E-state index in [1.54, 1.807) is 0 Å². The van der Waals surface area contributed by atoms with E-state index in [4.69, 9.17) is 10.5 Å². The zero-order valence-electron chi connectivity index (χ0n) is 13.2. The molecule has 2 saturated heterocycles. The average Bonchev–Trinajstić information content (AvgIpc) is 2.45. The van der Waals surface area contributed by atoms with Gasteiger partial charge >= 0.3 is 0 Å². The highest BCUT2D eigenvalue weighted by Crippen LogP contribution is 2.39. The maximum atomic E-state index is 6.08. The molecule has 0 bridgehead atoms. The second-order valence-electron chi connectivity index (χ2n) is 6.62. The molecule has 1 spiro atoms. The molecule has 1 aromatic carbocycles. The summed E-state index contributed by atoms with van der Waals surface area (Å²) in [5.74, 6) is 0.836. The third-order valence-corrected chi connectivity index (χ3v) is 4.95. The molecule has 0 aromatic heterocycles. The van der Waals surface area contributed by atoms with Crippen LogP contribution in [-0.2, 0) is 0 Å². The summed E-state index contributed by atoms with van der Waals surface area (Å²) in [6.45, 7) is 9.66. The highest BCUT2D eigenvalue weighted by atomic mass is 16.5. The minimum atomic E-state index is 0.583. The molecular weight excluding hydrogens is 262 g/mol. The summed E-state index contributed by atoms with van der Waals surface area (Å²) in [7, 11) is 0. The van der Waals surface area contributed by atoms with Crippen LogP contribution in [0.4, 0.5) is 11.4 Å². The van der Waals surface area contributed by atoms with E-state index in [0.29, 0.717) is 5.41 Å². The van der Waals surface area contributed by atoms with Crippen LogP contribution in [0.3, 0.4) is 0 Å². The predicted octanol–water partition coefficient (Wildman–Crippen LogP) is 2.56. The third-order valence-electron chi connectivity index (χ3n) is 4.95. The first-order valence-corrected chi connectivity index (χ1v) is 8.12. The topological polar surface area (TPSA) is 50.5 Å². The fourth-order valence-corrected chi connectivity index (χ4v) is 3.43. The van der Waals surface area contributed by atoms with Crippen molar-refractivity contribution in [3.63, 3.8) is 0 Å². The van der Waals surface area contributed by atoms with Gasteiger partial charge in [-0.15, -0.1) is 0 Å². The number of piperidine rings is 1. The minimum Gasteiger partial charge on any atom is -0.491 e. The van der Waals surface area contributed by atoms with Crippen molar-refractivity contribution in [3.8, 4) is 5.75 Å². The van der Waals surface area contributed by atoms with Crippen LogP contribution in [-0.4, -0.2) is 32.8 Å². The molecule has 4 heteroatoms. The molecule has 2 fully saturated rings. The molecule has 2 aliphatic heterocycles. The molecule has 21 heavy (non-hydrogen) atoms. The summed E-state index contributed by atoms with van der Waals surface area (Å²) in [5, 5.41) is 3.42. The number of nitrogens with two attached hydrogens (primary N) is 1. The normalized spacial score (nSPS) is 20.4. The standard InChI is InChI=1S/C17H27N3O/c1-3-8-21-16-10-15(13(2)9-14(16)18)20-6-4-17(5-7-20)11-19-12-17/h9-10,19H,3-8,11-12,18H2,1-2H3. The lowest BCUT2D eigenvalue weighted by Gasteiger charge is -2.49. The van der Waals surface area contributed by atoms with E-state index in [0.717, 1.165) is 37.6 Å². The number of nitrogens with zero attached hydrogens (tertiary/aromatic N) is 1. The maximum Gasteiger partial charge on any atom is 0.144 e. The summed E-state index contributed by atoms with van der Waals surface area (Å²) in [6.07, 6.45) is 3.58. The van der Waals surface area contributed by atoms with Crippen molar-refractivity contribution in [1.29, 1.82) is 0 Å². The van der Waals surface area contributed by atoms with Crippen molar-refractivity contribution in [1.82, 2.24) is 5.32 Å². The number of rotatable bonds is 4. The van der Waals surface area contributed by atoms with Gasteiger partial charge in [0.15, 0.2) is 0 Å². The van der Waals surface area contributed by atoms with Gasteiger partial charge in [-0.05, 0) is 43.2 Å². The van der Waals surface area contributed by atoms with E-state index < -0.39 is 0 Å².